The molecule has 96 valence electrons. The van der Waals surface area contributed by atoms with Crippen molar-refractivity contribution in [3.8, 4) is 0 Å². The van der Waals surface area contributed by atoms with Crippen LogP contribution in [0.4, 0.5) is 5.82 Å². The van der Waals surface area contributed by atoms with Crippen molar-refractivity contribution in [3.05, 3.63) is 17.6 Å². The Bertz CT molecular complexity index is 315. The van der Waals surface area contributed by atoms with Gasteiger partial charge in [-0.1, -0.05) is 27.2 Å². The molecule has 17 heavy (non-hydrogen) atoms. The molecule has 0 fully saturated rings. The van der Waals surface area contributed by atoms with Crippen molar-refractivity contribution < 1.29 is 0 Å². The summed E-state index contributed by atoms with van der Waals surface area (Å²) in [6, 6.07) is 2.07. The number of aromatic nitrogens is 2. The highest BCUT2D eigenvalue weighted by molar-refractivity contribution is 7.99. The summed E-state index contributed by atoms with van der Waals surface area (Å²) in [5.41, 5.74) is 1.15. The Balaban J connectivity index is 2.79. The minimum Gasteiger partial charge on any atom is -0.370 e. The van der Waals surface area contributed by atoms with E-state index in [9.17, 15) is 0 Å². The molecule has 1 aromatic rings. The molecule has 0 bridgehead atoms. The highest BCUT2D eigenvalue weighted by atomic mass is 32.2. The molecule has 0 aromatic carbocycles. The van der Waals surface area contributed by atoms with Gasteiger partial charge in [0.05, 0.1) is 5.75 Å². The Morgan fingerprint density at radius 1 is 1.29 bits per heavy atom. The summed E-state index contributed by atoms with van der Waals surface area (Å²) < 4.78 is 0. The molecule has 0 atom stereocenters. The number of hydrogen-bond acceptors (Lipinski definition) is 4. The van der Waals surface area contributed by atoms with Crippen LogP contribution in [0.2, 0.25) is 0 Å². The molecule has 1 N–H and O–H groups in total. The van der Waals surface area contributed by atoms with Crippen LogP contribution in [0.15, 0.2) is 6.07 Å². The van der Waals surface area contributed by atoms with E-state index in [1.54, 1.807) is 0 Å². The predicted molar refractivity (Wildman–Crippen MR) is 76.6 cm³/mol. The molecular weight excluding hydrogens is 230 g/mol. The number of nitrogens with zero attached hydrogens (tertiary/aromatic N) is 2. The van der Waals surface area contributed by atoms with Crippen LogP contribution < -0.4 is 5.32 Å². The quantitative estimate of drug-likeness (QED) is 0.807. The molecule has 0 unspecified atom stereocenters. The van der Waals surface area contributed by atoms with Gasteiger partial charge in [0.25, 0.3) is 0 Å². The molecule has 1 aromatic heterocycles. The maximum Gasteiger partial charge on any atom is 0.140 e. The van der Waals surface area contributed by atoms with Gasteiger partial charge in [-0.2, -0.15) is 11.8 Å². The van der Waals surface area contributed by atoms with Crippen LogP contribution >= 0.6 is 11.8 Å². The first kappa shape index (κ1) is 14.3. The maximum atomic E-state index is 4.61. The zero-order valence-electron chi connectivity index (χ0n) is 11.3. The molecule has 0 amide bonds. The van der Waals surface area contributed by atoms with Gasteiger partial charge in [-0.25, -0.2) is 9.97 Å². The molecule has 0 radical (unpaired) electrons. The van der Waals surface area contributed by atoms with Crippen molar-refractivity contribution in [3.63, 3.8) is 0 Å². The SMILES string of the molecule is CCCc1cc(NCC)nc(CSC(C)C)n1. The lowest BCUT2D eigenvalue weighted by atomic mass is 10.2. The Labute approximate surface area is 109 Å². The fourth-order valence-electron chi connectivity index (χ4n) is 1.51. The van der Waals surface area contributed by atoms with Crippen molar-refractivity contribution >= 4 is 17.6 Å². The van der Waals surface area contributed by atoms with Gasteiger partial charge < -0.3 is 5.32 Å². The van der Waals surface area contributed by atoms with Gasteiger partial charge in [0, 0.05) is 18.3 Å². The van der Waals surface area contributed by atoms with Crippen LogP contribution in [-0.4, -0.2) is 21.8 Å². The van der Waals surface area contributed by atoms with Crippen LogP contribution in [0, 0.1) is 0 Å². The summed E-state index contributed by atoms with van der Waals surface area (Å²) in [7, 11) is 0. The Morgan fingerprint density at radius 3 is 2.65 bits per heavy atom. The lowest BCUT2D eigenvalue weighted by Crippen LogP contribution is -2.06. The van der Waals surface area contributed by atoms with Gasteiger partial charge in [-0.05, 0) is 18.6 Å². The normalized spacial score (nSPS) is 10.9. The molecule has 0 spiro atoms. The number of rotatable bonds is 7. The summed E-state index contributed by atoms with van der Waals surface area (Å²) in [6.07, 6.45) is 2.15. The minimum absolute atomic E-state index is 0.621. The van der Waals surface area contributed by atoms with E-state index in [2.05, 4.69) is 49.0 Å². The Morgan fingerprint density at radius 2 is 2.06 bits per heavy atom. The van der Waals surface area contributed by atoms with Crippen molar-refractivity contribution in [1.29, 1.82) is 0 Å². The Hall–Kier alpha value is -0.770. The van der Waals surface area contributed by atoms with Gasteiger partial charge in [-0.15, -0.1) is 0 Å². The molecule has 4 heteroatoms. The molecule has 1 heterocycles. The molecule has 0 saturated heterocycles. The van der Waals surface area contributed by atoms with Crippen molar-refractivity contribution in [2.24, 2.45) is 0 Å². The molecule has 0 aliphatic heterocycles. The second kappa shape index (κ2) is 7.54. The van der Waals surface area contributed by atoms with E-state index >= 15 is 0 Å². The van der Waals surface area contributed by atoms with Crippen LogP contribution in [0.1, 0.15) is 45.6 Å². The smallest absolute Gasteiger partial charge is 0.140 e. The molecule has 3 nitrogen and oxygen atoms in total. The third kappa shape index (κ3) is 5.39. The first-order valence-corrected chi connectivity index (χ1v) is 7.42. The molecular formula is C13H23N3S. The van der Waals surface area contributed by atoms with E-state index in [1.165, 1.54) is 0 Å². The van der Waals surface area contributed by atoms with Crippen molar-refractivity contribution in [2.75, 3.05) is 11.9 Å². The van der Waals surface area contributed by atoms with E-state index in [-0.39, 0.29) is 0 Å². The van der Waals surface area contributed by atoms with Crippen LogP contribution in [-0.2, 0) is 12.2 Å². The number of thioether (sulfide) groups is 1. The maximum absolute atomic E-state index is 4.61. The van der Waals surface area contributed by atoms with Gasteiger partial charge in [0.1, 0.15) is 11.6 Å². The van der Waals surface area contributed by atoms with E-state index in [0.29, 0.717) is 5.25 Å². The van der Waals surface area contributed by atoms with Gasteiger partial charge in [0.2, 0.25) is 0 Å². The predicted octanol–water partition coefficient (Wildman–Crippen LogP) is 3.50. The fraction of sp³-hybridized carbons (Fsp3) is 0.692. The van der Waals surface area contributed by atoms with E-state index in [4.69, 9.17) is 0 Å². The monoisotopic (exact) mass is 253 g/mol. The van der Waals surface area contributed by atoms with Crippen molar-refractivity contribution in [1.82, 2.24) is 9.97 Å². The van der Waals surface area contributed by atoms with Gasteiger partial charge in [-0.3, -0.25) is 0 Å². The average molecular weight is 253 g/mol. The van der Waals surface area contributed by atoms with Crippen LogP contribution in [0.25, 0.3) is 0 Å². The second-order valence-corrected chi connectivity index (χ2v) is 5.87. The van der Waals surface area contributed by atoms with E-state index in [1.807, 2.05) is 11.8 Å². The molecule has 0 aliphatic carbocycles. The zero-order chi connectivity index (χ0) is 12.7. The lowest BCUT2D eigenvalue weighted by molar-refractivity contribution is 0.853. The lowest BCUT2D eigenvalue weighted by Gasteiger charge is -2.09. The van der Waals surface area contributed by atoms with Gasteiger partial charge >= 0.3 is 0 Å². The van der Waals surface area contributed by atoms with Gasteiger partial charge in [0.15, 0.2) is 0 Å². The average Bonchev–Trinajstić information content (AvgIpc) is 2.27. The summed E-state index contributed by atoms with van der Waals surface area (Å²) in [5, 5.41) is 3.90. The Kier molecular flexibility index (Phi) is 6.34. The van der Waals surface area contributed by atoms with Crippen molar-refractivity contribution in [2.45, 2.75) is 51.5 Å². The zero-order valence-corrected chi connectivity index (χ0v) is 12.1. The first-order valence-electron chi connectivity index (χ1n) is 6.38. The molecule has 0 saturated carbocycles. The number of nitrogens with one attached hydrogen (secondary N) is 1. The largest absolute Gasteiger partial charge is 0.370 e. The molecule has 0 aliphatic rings. The highest BCUT2D eigenvalue weighted by Gasteiger charge is 2.05. The second-order valence-electron chi connectivity index (χ2n) is 4.30. The van der Waals surface area contributed by atoms with E-state index in [0.717, 1.165) is 42.5 Å². The third-order valence-corrected chi connectivity index (χ3v) is 3.33. The highest BCUT2D eigenvalue weighted by Crippen LogP contribution is 2.17. The summed E-state index contributed by atoms with van der Waals surface area (Å²) >= 11 is 1.89. The standard InChI is InChI=1S/C13H23N3S/c1-5-7-11-8-12(14-6-2)16-13(15-11)9-17-10(3)4/h8,10H,5-7,9H2,1-4H3,(H,14,15,16). The minimum atomic E-state index is 0.621. The molecule has 1 rings (SSSR count). The third-order valence-electron chi connectivity index (χ3n) is 2.24. The van der Waals surface area contributed by atoms with E-state index < -0.39 is 0 Å². The van der Waals surface area contributed by atoms with Crippen LogP contribution in [0.5, 0.6) is 0 Å². The summed E-state index contributed by atoms with van der Waals surface area (Å²) in [4.78, 5) is 9.14. The fourth-order valence-corrected chi connectivity index (χ4v) is 2.13. The van der Waals surface area contributed by atoms with Crippen LogP contribution in [0.3, 0.4) is 0 Å². The first-order chi connectivity index (χ1) is 8.15. The topological polar surface area (TPSA) is 37.8 Å². The number of hydrogen-bond donors (Lipinski definition) is 1. The summed E-state index contributed by atoms with van der Waals surface area (Å²) in [6.45, 7) is 9.57. The number of aryl methyl sites for hydroxylation is 1. The summed E-state index contributed by atoms with van der Waals surface area (Å²) in [5.74, 6) is 2.81. The number of anilines is 1.